The fourth-order valence-electron chi connectivity index (χ4n) is 1.91. The summed E-state index contributed by atoms with van der Waals surface area (Å²) in [6.07, 6.45) is 0.136. The van der Waals surface area contributed by atoms with Crippen molar-refractivity contribution < 1.29 is 9.18 Å². The number of nitrogens with zero attached hydrogens (tertiary/aromatic N) is 2. The van der Waals surface area contributed by atoms with Gasteiger partial charge in [0, 0.05) is 16.6 Å². The highest BCUT2D eigenvalue weighted by Gasteiger charge is 2.20. The molecular formula is C16H12BrFN2O. The first-order chi connectivity index (χ1) is 10.1. The minimum atomic E-state index is -0.485. The fourth-order valence-corrected chi connectivity index (χ4v) is 2.18. The van der Waals surface area contributed by atoms with E-state index in [0.29, 0.717) is 5.56 Å². The summed E-state index contributed by atoms with van der Waals surface area (Å²) < 4.78 is 14.8. The molecule has 1 amide bonds. The third-order valence-electron chi connectivity index (χ3n) is 2.93. The zero-order chi connectivity index (χ0) is 15.2. The van der Waals surface area contributed by atoms with Gasteiger partial charge in [0.25, 0.3) is 5.91 Å². The highest BCUT2D eigenvalue weighted by molar-refractivity contribution is 9.10. The SMILES string of the molecule is N#CCCN(C(=O)c1ccc(Br)cc1)c1ccccc1F. The lowest BCUT2D eigenvalue weighted by Crippen LogP contribution is -2.32. The van der Waals surface area contributed by atoms with E-state index in [-0.39, 0.29) is 24.6 Å². The molecule has 21 heavy (non-hydrogen) atoms. The molecule has 0 spiro atoms. The van der Waals surface area contributed by atoms with Crippen LogP contribution in [0.5, 0.6) is 0 Å². The number of carbonyl (C=O) groups excluding carboxylic acids is 1. The predicted molar refractivity (Wildman–Crippen MR) is 82.4 cm³/mol. The highest BCUT2D eigenvalue weighted by atomic mass is 79.9. The maximum Gasteiger partial charge on any atom is 0.258 e. The van der Waals surface area contributed by atoms with Crippen LogP contribution in [0.2, 0.25) is 0 Å². The summed E-state index contributed by atoms with van der Waals surface area (Å²) in [4.78, 5) is 13.8. The van der Waals surface area contributed by atoms with Crippen molar-refractivity contribution in [3.63, 3.8) is 0 Å². The van der Waals surface area contributed by atoms with Gasteiger partial charge < -0.3 is 4.90 Å². The Morgan fingerprint density at radius 1 is 1.19 bits per heavy atom. The van der Waals surface area contributed by atoms with Crippen LogP contribution in [0.1, 0.15) is 16.8 Å². The number of hydrogen-bond acceptors (Lipinski definition) is 2. The van der Waals surface area contributed by atoms with E-state index in [2.05, 4.69) is 15.9 Å². The molecule has 0 N–H and O–H groups in total. The molecule has 0 bridgehead atoms. The molecule has 0 aromatic heterocycles. The van der Waals surface area contributed by atoms with Gasteiger partial charge in [-0.05, 0) is 36.4 Å². The summed E-state index contributed by atoms with van der Waals surface area (Å²) in [6.45, 7) is 0.145. The predicted octanol–water partition coefficient (Wildman–Crippen LogP) is 4.15. The average molecular weight is 347 g/mol. The Hall–Kier alpha value is -2.19. The van der Waals surface area contributed by atoms with E-state index in [1.165, 1.54) is 17.0 Å². The van der Waals surface area contributed by atoms with Crippen LogP contribution in [0.3, 0.4) is 0 Å². The van der Waals surface area contributed by atoms with Crippen LogP contribution in [-0.2, 0) is 0 Å². The van der Waals surface area contributed by atoms with E-state index in [9.17, 15) is 9.18 Å². The number of hydrogen-bond donors (Lipinski definition) is 0. The Labute approximate surface area is 130 Å². The van der Waals surface area contributed by atoms with Crippen molar-refractivity contribution in [2.24, 2.45) is 0 Å². The number of halogens is 2. The average Bonchev–Trinajstić information content (AvgIpc) is 2.50. The Morgan fingerprint density at radius 3 is 2.48 bits per heavy atom. The Kier molecular flexibility index (Phi) is 5.07. The number of carbonyl (C=O) groups is 1. The van der Waals surface area contributed by atoms with Gasteiger partial charge in [0.15, 0.2) is 0 Å². The van der Waals surface area contributed by atoms with Crippen molar-refractivity contribution in [3.05, 3.63) is 64.4 Å². The molecule has 0 aliphatic rings. The molecule has 0 aliphatic carbocycles. The molecule has 2 aromatic carbocycles. The maximum absolute atomic E-state index is 13.9. The molecule has 106 valence electrons. The van der Waals surface area contributed by atoms with Crippen LogP contribution in [0.25, 0.3) is 0 Å². The first-order valence-electron chi connectivity index (χ1n) is 6.32. The van der Waals surface area contributed by atoms with Crippen LogP contribution in [-0.4, -0.2) is 12.5 Å². The van der Waals surface area contributed by atoms with Gasteiger partial charge in [-0.1, -0.05) is 28.1 Å². The third-order valence-corrected chi connectivity index (χ3v) is 3.46. The number of rotatable bonds is 4. The summed E-state index contributed by atoms with van der Waals surface area (Å²) in [5, 5.41) is 8.73. The molecule has 0 saturated heterocycles. The summed E-state index contributed by atoms with van der Waals surface area (Å²) in [5.74, 6) is -0.816. The van der Waals surface area contributed by atoms with E-state index in [4.69, 9.17) is 5.26 Å². The van der Waals surface area contributed by atoms with Gasteiger partial charge in [-0.25, -0.2) is 4.39 Å². The second kappa shape index (κ2) is 7.00. The summed E-state index contributed by atoms with van der Waals surface area (Å²) in [7, 11) is 0. The molecule has 0 heterocycles. The third kappa shape index (κ3) is 3.67. The van der Waals surface area contributed by atoms with Gasteiger partial charge in [0.1, 0.15) is 5.82 Å². The van der Waals surface area contributed by atoms with Gasteiger partial charge in [0.2, 0.25) is 0 Å². The van der Waals surface area contributed by atoms with Crippen LogP contribution in [0, 0.1) is 17.1 Å². The minimum absolute atomic E-state index is 0.136. The zero-order valence-electron chi connectivity index (χ0n) is 11.1. The largest absolute Gasteiger partial charge is 0.304 e. The van der Waals surface area contributed by atoms with E-state index < -0.39 is 5.82 Å². The second-order valence-electron chi connectivity index (χ2n) is 4.32. The van der Waals surface area contributed by atoms with Crippen molar-refractivity contribution in [1.82, 2.24) is 0 Å². The maximum atomic E-state index is 13.9. The normalized spacial score (nSPS) is 9.95. The van der Waals surface area contributed by atoms with Crippen molar-refractivity contribution in [1.29, 1.82) is 5.26 Å². The summed E-state index contributed by atoms with van der Waals surface area (Å²) in [6, 6.07) is 14.8. The van der Waals surface area contributed by atoms with Gasteiger partial charge in [-0.3, -0.25) is 4.79 Å². The van der Waals surface area contributed by atoms with Gasteiger partial charge in [-0.2, -0.15) is 5.26 Å². The van der Waals surface area contributed by atoms with Crippen molar-refractivity contribution in [2.75, 3.05) is 11.4 Å². The Bertz CT molecular complexity index is 679. The smallest absolute Gasteiger partial charge is 0.258 e. The van der Waals surface area contributed by atoms with Crippen LogP contribution < -0.4 is 4.90 Å². The monoisotopic (exact) mass is 346 g/mol. The Balaban J connectivity index is 2.36. The molecule has 3 nitrogen and oxygen atoms in total. The number of amides is 1. The molecule has 0 radical (unpaired) electrons. The zero-order valence-corrected chi connectivity index (χ0v) is 12.7. The van der Waals surface area contributed by atoms with E-state index in [1.807, 2.05) is 6.07 Å². The molecule has 0 saturated carbocycles. The summed E-state index contributed by atoms with van der Waals surface area (Å²) >= 11 is 3.30. The minimum Gasteiger partial charge on any atom is -0.304 e. The fraction of sp³-hybridized carbons (Fsp3) is 0.125. The lowest BCUT2D eigenvalue weighted by Gasteiger charge is -2.22. The second-order valence-corrected chi connectivity index (χ2v) is 5.24. The topological polar surface area (TPSA) is 44.1 Å². The van der Waals surface area contributed by atoms with E-state index in [1.54, 1.807) is 36.4 Å². The molecule has 2 aromatic rings. The molecular weight excluding hydrogens is 335 g/mol. The number of para-hydroxylation sites is 1. The van der Waals surface area contributed by atoms with Crippen molar-refractivity contribution in [2.45, 2.75) is 6.42 Å². The first kappa shape index (κ1) is 15.2. The van der Waals surface area contributed by atoms with Crippen LogP contribution >= 0.6 is 15.9 Å². The first-order valence-corrected chi connectivity index (χ1v) is 7.11. The van der Waals surface area contributed by atoms with E-state index in [0.717, 1.165) is 4.47 Å². The van der Waals surface area contributed by atoms with Gasteiger partial charge >= 0.3 is 0 Å². The standard InChI is InChI=1S/C16H12BrFN2O/c17-13-8-6-12(7-9-13)16(21)20(11-3-10-19)15-5-2-1-4-14(15)18/h1-2,4-9H,3,11H2. The van der Waals surface area contributed by atoms with Gasteiger partial charge in [-0.15, -0.1) is 0 Å². The molecule has 0 aliphatic heterocycles. The molecule has 0 fully saturated rings. The number of nitriles is 1. The molecule has 2 rings (SSSR count). The summed E-state index contributed by atoms with van der Waals surface area (Å²) in [5.41, 5.74) is 0.625. The van der Waals surface area contributed by atoms with Crippen molar-refractivity contribution in [3.8, 4) is 6.07 Å². The lowest BCUT2D eigenvalue weighted by atomic mass is 10.1. The van der Waals surface area contributed by atoms with E-state index >= 15 is 0 Å². The molecule has 0 atom stereocenters. The number of benzene rings is 2. The molecule has 0 unspecified atom stereocenters. The highest BCUT2D eigenvalue weighted by Crippen LogP contribution is 2.22. The van der Waals surface area contributed by atoms with Crippen LogP contribution in [0.4, 0.5) is 10.1 Å². The van der Waals surface area contributed by atoms with Crippen molar-refractivity contribution >= 4 is 27.5 Å². The molecule has 5 heteroatoms. The quantitative estimate of drug-likeness (QED) is 0.834. The lowest BCUT2D eigenvalue weighted by molar-refractivity contribution is 0.0986. The van der Waals surface area contributed by atoms with Gasteiger partial charge in [0.05, 0.1) is 18.2 Å². The number of anilines is 1. The van der Waals surface area contributed by atoms with Crippen LogP contribution in [0.15, 0.2) is 53.0 Å². The Morgan fingerprint density at radius 2 is 1.86 bits per heavy atom.